The second kappa shape index (κ2) is 10.9. The van der Waals surface area contributed by atoms with Gasteiger partial charge in [0.2, 0.25) is 5.91 Å². The molecule has 0 aliphatic carbocycles. The van der Waals surface area contributed by atoms with Crippen LogP contribution in [0, 0.1) is 17.8 Å². The van der Waals surface area contributed by atoms with Crippen LogP contribution in [0.3, 0.4) is 0 Å². The van der Waals surface area contributed by atoms with E-state index in [0.29, 0.717) is 23.9 Å². The van der Waals surface area contributed by atoms with E-state index >= 15 is 0 Å². The summed E-state index contributed by atoms with van der Waals surface area (Å²) in [6.45, 7) is 6.35. The molecule has 1 aromatic rings. The summed E-state index contributed by atoms with van der Waals surface area (Å²) in [6.07, 6.45) is 11.4. The highest BCUT2D eigenvalue weighted by Gasteiger charge is 2.74. The van der Waals surface area contributed by atoms with Gasteiger partial charge in [-0.2, -0.15) is 0 Å². The lowest BCUT2D eigenvalue weighted by Gasteiger charge is -2.41. The number of amides is 2. The maximum absolute atomic E-state index is 14.6. The van der Waals surface area contributed by atoms with E-state index in [1.807, 2.05) is 32.9 Å². The van der Waals surface area contributed by atoms with Crippen LogP contribution in [0.2, 0.25) is 5.02 Å². The van der Waals surface area contributed by atoms with Gasteiger partial charge in [0.05, 0.1) is 35.8 Å². The summed E-state index contributed by atoms with van der Waals surface area (Å²) in [5.41, 5.74) is 0.679. The van der Waals surface area contributed by atoms with Gasteiger partial charge in [0.25, 0.3) is 5.91 Å². The number of aliphatic hydroxyl groups excluding tert-OH is 1. The summed E-state index contributed by atoms with van der Waals surface area (Å²) in [5.74, 6) is -2.48. The summed E-state index contributed by atoms with van der Waals surface area (Å²) >= 11 is 7.66. The number of allylic oxidation sites excluding steroid dienone is 1. The average Bonchev–Trinajstić information content (AvgIpc) is 3.24. The van der Waals surface area contributed by atoms with E-state index in [2.05, 4.69) is 12.2 Å². The Bertz CT molecular complexity index is 1190. The van der Waals surface area contributed by atoms with Crippen LogP contribution in [0.4, 0.5) is 5.69 Å². The molecule has 1 unspecified atom stereocenters. The van der Waals surface area contributed by atoms with Crippen molar-refractivity contribution < 1.29 is 24.2 Å². The fourth-order valence-corrected chi connectivity index (χ4v) is 9.03. The van der Waals surface area contributed by atoms with E-state index in [4.69, 9.17) is 16.3 Å². The SMILES string of the molecule is CC[C@H](C)[C@H](CO)N1C(=O)[C@@H]2[C@H]3C(=O)OCCCC/C=C\[C@@]3(C)S[C@@]23C=CCN(c2ccc(Cl)cc2)C(=O)C13. The Labute approximate surface area is 239 Å². The van der Waals surface area contributed by atoms with Crippen LogP contribution in [-0.4, -0.2) is 69.1 Å². The van der Waals surface area contributed by atoms with Gasteiger partial charge in [-0.05, 0) is 56.4 Å². The van der Waals surface area contributed by atoms with Crippen molar-refractivity contribution in [3.63, 3.8) is 0 Å². The third-order valence-electron chi connectivity index (χ3n) is 8.92. The van der Waals surface area contributed by atoms with Gasteiger partial charge in [-0.25, -0.2) is 0 Å². The molecule has 1 N–H and O–H groups in total. The quantitative estimate of drug-likeness (QED) is 0.409. The van der Waals surface area contributed by atoms with Crippen molar-refractivity contribution in [2.45, 2.75) is 68.0 Å². The standard InChI is InChI=1S/C30H37ClN2O5S/c1-4-19(2)22(18-34)33-25-27(36)32(21-12-10-20(31)11-13-21)16-9-15-30(25)23(26(33)35)24-28(37)38-17-8-6-5-7-14-29(24,3)39-30/h7,9-15,19,22-25,34H,4-6,8,16-18H2,1-3H3/b14-7-/t19-,22-,23-,24-,25?,29+,30-/m0/s1. The molecule has 1 spiro atoms. The van der Waals surface area contributed by atoms with E-state index in [1.165, 1.54) is 11.8 Å². The average molecular weight is 573 g/mol. The molecule has 210 valence electrons. The van der Waals surface area contributed by atoms with Gasteiger partial charge < -0.3 is 19.6 Å². The Morgan fingerprint density at radius 2 is 1.85 bits per heavy atom. The van der Waals surface area contributed by atoms with Crippen molar-refractivity contribution in [1.82, 2.24) is 4.90 Å². The number of halogens is 1. The van der Waals surface area contributed by atoms with E-state index in [1.54, 1.807) is 34.1 Å². The van der Waals surface area contributed by atoms with Gasteiger partial charge in [0.1, 0.15) is 6.04 Å². The molecule has 4 aliphatic heterocycles. The molecule has 2 amide bonds. The molecule has 39 heavy (non-hydrogen) atoms. The molecule has 2 fully saturated rings. The molecule has 0 saturated carbocycles. The third-order valence-corrected chi connectivity index (χ3v) is 11.0. The first kappa shape index (κ1) is 28.2. The summed E-state index contributed by atoms with van der Waals surface area (Å²) in [5, 5.41) is 11.1. The lowest BCUT2D eigenvalue weighted by Crippen LogP contribution is -2.58. The van der Waals surface area contributed by atoms with Crippen molar-refractivity contribution >= 4 is 46.8 Å². The highest BCUT2D eigenvalue weighted by atomic mass is 35.5. The maximum Gasteiger partial charge on any atom is 0.311 e. The first-order valence-corrected chi connectivity index (χ1v) is 15.1. The largest absolute Gasteiger partial charge is 0.465 e. The Morgan fingerprint density at radius 3 is 2.54 bits per heavy atom. The number of nitrogens with zero attached hydrogens (tertiary/aromatic N) is 2. The van der Waals surface area contributed by atoms with Crippen LogP contribution >= 0.6 is 23.4 Å². The molecule has 0 radical (unpaired) electrons. The first-order valence-electron chi connectivity index (χ1n) is 13.9. The Hall–Kier alpha value is -2.29. The van der Waals surface area contributed by atoms with E-state index in [0.717, 1.165) is 25.7 Å². The molecule has 9 heteroatoms. The van der Waals surface area contributed by atoms with Crippen molar-refractivity contribution in [1.29, 1.82) is 0 Å². The normalized spacial score (nSPS) is 35.0. The number of likely N-dealkylation sites (tertiary alicyclic amines) is 1. The van der Waals surface area contributed by atoms with Crippen LogP contribution < -0.4 is 4.90 Å². The zero-order valence-corrected chi connectivity index (χ0v) is 24.3. The smallest absolute Gasteiger partial charge is 0.311 e. The van der Waals surface area contributed by atoms with Crippen molar-refractivity contribution in [2.75, 3.05) is 24.7 Å². The number of rotatable bonds is 5. The third kappa shape index (κ3) is 4.62. The second-order valence-electron chi connectivity index (χ2n) is 11.3. The summed E-state index contributed by atoms with van der Waals surface area (Å²) in [7, 11) is 0. The van der Waals surface area contributed by atoms with Crippen molar-refractivity contribution in [3.8, 4) is 0 Å². The summed E-state index contributed by atoms with van der Waals surface area (Å²) in [6, 6.07) is 5.63. The van der Waals surface area contributed by atoms with Gasteiger partial charge in [0, 0.05) is 22.0 Å². The molecular formula is C30H37ClN2O5S. The number of hydrogen-bond donors (Lipinski definition) is 1. The lowest BCUT2D eigenvalue weighted by atomic mass is 9.74. The minimum Gasteiger partial charge on any atom is -0.465 e. The zero-order valence-electron chi connectivity index (χ0n) is 22.7. The van der Waals surface area contributed by atoms with Crippen LogP contribution in [0.25, 0.3) is 0 Å². The van der Waals surface area contributed by atoms with Gasteiger partial charge in [-0.1, -0.05) is 56.2 Å². The van der Waals surface area contributed by atoms with Crippen LogP contribution in [0.15, 0.2) is 48.6 Å². The number of hydrogen-bond acceptors (Lipinski definition) is 6. The number of esters is 1. The molecule has 7 atom stereocenters. The minimum absolute atomic E-state index is 0.0499. The van der Waals surface area contributed by atoms with E-state index < -0.39 is 39.4 Å². The highest BCUT2D eigenvalue weighted by molar-refractivity contribution is 8.02. The van der Waals surface area contributed by atoms with Crippen LogP contribution in [0.5, 0.6) is 0 Å². The molecule has 1 aromatic carbocycles. The van der Waals surface area contributed by atoms with Crippen molar-refractivity contribution in [3.05, 3.63) is 53.6 Å². The number of fused-ring (bicyclic) bond motifs is 2. The molecule has 0 aromatic heterocycles. The van der Waals surface area contributed by atoms with E-state index in [-0.39, 0.29) is 24.3 Å². The van der Waals surface area contributed by atoms with Gasteiger partial charge in [0.15, 0.2) is 0 Å². The predicted molar refractivity (Wildman–Crippen MR) is 154 cm³/mol. The summed E-state index contributed by atoms with van der Waals surface area (Å²) in [4.78, 5) is 46.1. The van der Waals surface area contributed by atoms with Gasteiger partial charge in [-0.15, -0.1) is 11.8 Å². The Morgan fingerprint density at radius 1 is 1.10 bits per heavy atom. The molecule has 0 bridgehead atoms. The van der Waals surface area contributed by atoms with Crippen LogP contribution in [0.1, 0.15) is 46.5 Å². The molecule has 4 heterocycles. The number of ether oxygens (including phenoxy) is 1. The fourth-order valence-electron chi connectivity index (χ4n) is 6.76. The number of benzene rings is 1. The predicted octanol–water partition coefficient (Wildman–Crippen LogP) is 4.62. The van der Waals surface area contributed by atoms with Gasteiger partial charge >= 0.3 is 5.97 Å². The maximum atomic E-state index is 14.6. The zero-order chi connectivity index (χ0) is 27.9. The van der Waals surface area contributed by atoms with Crippen molar-refractivity contribution in [2.24, 2.45) is 17.8 Å². The Balaban J connectivity index is 1.68. The molecule has 7 nitrogen and oxygen atoms in total. The molecular weight excluding hydrogens is 536 g/mol. The summed E-state index contributed by atoms with van der Waals surface area (Å²) < 4.78 is 4.02. The topological polar surface area (TPSA) is 87.2 Å². The van der Waals surface area contributed by atoms with E-state index in [9.17, 15) is 19.5 Å². The number of carbonyl (C=O) groups excluding carboxylic acids is 3. The number of anilines is 1. The van der Waals surface area contributed by atoms with Crippen LogP contribution in [-0.2, 0) is 19.1 Å². The minimum atomic E-state index is -0.993. The molecule has 2 saturated heterocycles. The second-order valence-corrected chi connectivity index (χ2v) is 13.5. The number of aliphatic hydroxyl groups is 1. The number of cyclic esters (lactones) is 1. The Kier molecular flexibility index (Phi) is 7.92. The molecule has 5 rings (SSSR count). The first-order chi connectivity index (χ1) is 18.7. The molecule has 4 aliphatic rings. The number of thioether (sulfide) groups is 1. The lowest BCUT2D eigenvalue weighted by molar-refractivity contribution is -0.155. The fraction of sp³-hybridized carbons (Fsp3) is 0.567. The van der Waals surface area contributed by atoms with Gasteiger partial charge in [-0.3, -0.25) is 14.4 Å². The monoisotopic (exact) mass is 572 g/mol. The number of carbonyl (C=O) groups is 3. The highest BCUT2D eigenvalue weighted by Crippen LogP contribution is 2.65.